The van der Waals surface area contributed by atoms with Gasteiger partial charge in [0.25, 0.3) is 0 Å². The lowest BCUT2D eigenvalue weighted by Gasteiger charge is -2.26. The standard InChI is InChI=1S/C21H19F4NO4S.C4H8F2/c22-13-2-4-14(5-3-13)26-8-1-9-31(29)18-11-17(15(10-16(18)26)21(23,24)25)30-12-20(6-7-20)19(27)28;1-3-4(2,5)6/h2-5,10-11H,1,6-9,12H2,(H,27,28);3H2,1-2H3. The third-order valence-electron chi connectivity index (χ3n) is 6.18. The van der Waals surface area contributed by atoms with Crippen LogP contribution in [0.25, 0.3) is 0 Å². The molecular weight excluding hydrogens is 524 g/mol. The van der Waals surface area contributed by atoms with Crippen molar-refractivity contribution >= 4 is 28.1 Å². The van der Waals surface area contributed by atoms with Crippen LogP contribution < -0.4 is 9.64 Å². The number of rotatable bonds is 6. The summed E-state index contributed by atoms with van der Waals surface area (Å²) in [6.45, 7) is 2.29. The Bertz CT molecular complexity index is 1140. The molecule has 1 saturated carbocycles. The van der Waals surface area contributed by atoms with Crippen molar-refractivity contribution in [2.45, 2.75) is 56.5 Å². The zero-order valence-corrected chi connectivity index (χ0v) is 21.0. The number of fused-ring (bicyclic) bond motifs is 1. The highest BCUT2D eigenvalue weighted by atomic mass is 32.2. The number of benzene rings is 2. The molecule has 4 rings (SSSR count). The molecule has 12 heteroatoms. The van der Waals surface area contributed by atoms with E-state index >= 15 is 0 Å². The van der Waals surface area contributed by atoms with E-state index in [4.69, 9.17) is 4.74 Å². The summed E-state index contributed by atoms with van der Waals surface area (Å²) < 4.78 is 95.9. The van der Waals surface area contributed by atoms with E-state index in [-0.39, 0.29) is 22.8 Å². The summed E-state index contributed by atoms with van der Waals surface area (Å²) in [7, 11) is -1.57. The quantitative estimate of drug-likeness (QED) is 0.401. The summed E-state index contributed by atoms with van der Waals surface area (Å²) in [6, 6.07) is 7.31. The van der Waals surface area contributed by atoms with Gasteiger partial charge in [-0.05, 0) is 62.6 Å². The fourth-order valence-electron chi connectivity index (χ4n) is 3.54. The van der Waals surface area contributed by atoms with Gasteiger partial charge in [-0.3, -0.25) is 9.00 Å². The average Bonchev–Trinajstić information content (AvgIpc) is 3.63. The van der Waals surface area contributed by atoms with Crippen LogP contribution >= 0.6 is 0 Å². The van der Waals surface area contributed by atoms with Crippen molar-refractivity contribution in [1.82, 2.24) is 0 Å². The molecule has 0 amide bonds. The van der Waals surface area contributed by atoms with E-state index in [2.05, 4.69) is 0 Å². The highest BCUT2D eigenvalue weighted by Crippen LogP contribution is 2.48. The molecule has 0 aromatic heterocycles. The molecule has 1 unspecified atom stereocenters. The minimum atomic E-state index is -4.77. The summed E-state index contributed by atoms with van der Waals surface area (Å²) in [5.74, 6) is -4.33. The summed E-state index contributed by atoms with van der Waals surface area (Å²) in [6.07, 6.45) is -3.71. The second-order valence-corrected chi connectivity index (χ2v) is 10.7. The van der Waals surface area contributed by atoms with Crippen LogP contribution in [-0.2, 0) is 21.8 Å². The van der Waals surface area contributed by atoms with E-state index in [1.807, 2.05) is 0 Å². The lowest BCUT2D eigenvalue weighted by atomic mass is 10.1. The van der Waals surface area contributed by atoms with Crippen molar-refractivity contribution < 1.29 is 45.2 Å². The van der Waals surface area contributed by atoms with Crippen LogP contribution in [0.2, 0.25) is 0 Å². The number of carboxylic acids is 1. The Labute approximate surface area is 212 Å². The zero-order valence-electron chi connectivity index (χ0n) is 20.2. The van der Waals surface area contributed by atoms with E-state index in [1.54, 1.807) is 4.90 Å². The Morgan fingerprint density at radius 3 is 2.22 bits per heavy atom. The Morgan fingerprint density at radius 1 is 1.14 bits per heavy atom. The molecule has 1 atom stereocenters. The van der Waals surface area contributed by atoms with Crippen LogP contribution in [0.3, 0.4) is 0 Å². The lowest BCUT2D eigenvalue weighted by Crippen LogP contribution is -2.24. The van der Waals surface area contributed by atoms with E-state index in [0.29, 0.717) is 31.5 Å². The first-order chi connectivity index (χ1) is 17.2. The minimum absolute atomic E-state index is 0.0625. The fraction of sp³-hybridized carbons (Fsp3) is 0.480. The topological polar surface area (TPSA) is 66.8 Å². The Balaban J connectivity index is 0.000000568. The first-order valence-electron chi connectivity index (χ1n) is 11.6. The molecule has 0 spiro atoms. The Kier molecular flexibility index (Phi) is 8.50. The van der Waals surface area contributed by atoms with Crippen molar-refractivity contribution in [3.8, 4) is 5.75 Å². The molecule has 2 aromatic carbocycles. The molecule has 1 aliphatic heterocycles. The zero-order chi connectivity index (χ0) is 27.6. The van der Waals surface area contributed by atoms with Crippen molar-refractivity contribution in [1.29, 1.82) is 0 Å². The minimum Gasteiger partial charge on any atom is -0.492 e. The Hall–Kier alpha value is -2.76. The van der Waals surface area contributed by atoms with E-state index in [9.17, 15) is 40.5 Å². The highest BCUT2D eigenvalue weighted by molar-refractivity contribution is 7.85. The molecule has 1 aliphatic carbocycles. The predicted octanol–water partition coefficient (Wildman–Crippen LogP) is 6.79. The molecule has 0 radical (unpaired) electrons. The van der Waals surface area contributed by atoms with Gasteiger partial charge < -0.3 is 14.7 Å². The van der Waals surface area contributed by atoms with Gasteiger partial charge in [0.1, 0.15) is 23.6 Å². The number of alkyl halides is 5. The first kappa shape index (κ1) is 28.8. The van der Waals surface area contributed by atoms with Crippen LogP contribution in [0, 0.1) is 11.2 Å². The van der Waals surface area contributed by atoms with Gasteiger partial charge in [-0.25, -0.2) is 13.2 Å². The molecule has 1 fully saturated rings. The molecule has 2 aliphatic rings. The van der Waals surface area contributed by atoms with Gasteiger partial charge >= 0.3 is 12.1 Å². The van der Waals surface area contributed by atoms with Crippen LogP contribution in [0.4, 0.5) is 37.7 Å². The molecule has 1 N–H and O–H groups in total. The summed E-state index contributed by atoms with van der Waals surface area (Å²) in [4.78, 5) is 13.1. The second-order valence-electron chi connectivity index (χ2n) is 9.14. The number of nitrogens with zero attached hydrogens (tertiary/aromatic N) is 1. The number of anilines is 2. The smallest absolute Gasteiger partial charge is 0.420 e. The maximum atomic E-state index is 13.9. The third kappa shape index (κ3) is 7.18. The van der Waals surface area contributed by atoms with Crippen molar-refractivity contribution in [3.05, 3.63) is 47.8 Å². The molecular formula is C25H27F6NO4S. The molecule has 5 nitrogen and oxygen atoms in total. The van der Waals surface area contributed by atoms with Gasteiger partial charge in [0.05, 0.1) is 26.9 Å². The van der Waals surface area contributed by atoms with Crippen LogP contribution in [-0.4, -0.2) is 40.1 Å². The van der Waals surface area contributed by atoms with Crippen LogP contribution in [0.15, 0.2) is 41.3 Å². The van der Waals surface area contributed by atoms with Gasteiger partial charge in [-0.2, -0.15) is 13.2 Å². The summed E-state index contributed by atoms with van der Waals surface area (Å²) in [5, 5.41) is 9.28. The van der Waals surface area contributed by atoms with E-state index < -0.39 is 58.0 Å². The molecule has 0 bridgehead atoms. The highest BCUT2D eigenvalue weighted by Gasteiger charge is 2.51. The van der Waals surface area contributed by atoms with E-state index in [1.165, 1.54) is 31.2 Å². The summed E-state index contributed by atoms with van der Waals surface area (Å²) in [5.41, 5.74) is -1.65. The first-order valence-corrected chi connectivity index (χ1v) is 12.9. The molecule has 2 aromatic rings. The van der Waals surface area contributed by atoms with Gasteiger partial charge in [0, 0.05) is 24.4 Å². The molecule has 37 heavy (non-hydrogen) atoms. The summed E-state index contributed by atoms with van der Waals surface area (Å²) >= 11 is 0. The number of halogens is 6. The van der Waals surface area contributed by atoms with Gasteiger partial charge in [-0.1, -0.05) is 6.92 Å². The maximum Gasteiger partial charge on any atom is 0.420 e. The molecule has 204 valence electrons. The second kappa shape index (κ2) is 10.9. The number of carbonyl (C=O) groups is 1. The maximum absolute atomic E-state index is 13.9. The predicted molar refractivity (Wildman–Crippen MR) is 126 cm³/mol. The van der Waals surface area contributed by atoms with Crippen molar-refractivity contribution in [2.24, 2.45) is 5.41 Å². The van der Waals surface area contributed by atoms with Gasteiger partial charge in [0.15, 0.2) is 0 Å². The molecule has 0 saturated heterocycles. The number of hydrogen-bond donors (Lipinski definition) is 1. The largest absolute Gasteiger partial charge is 0.492 e. The van der Waals surface area contributed by atoms with Crippen molar-refractivity contribution in [3.63, 3.8) is 0 Å². The average molecular weight is 552 g/mol. The Morgan fingerprint density at radius 2 is 1.73 bits per heavy atom. The fourth-order valence-corrected chi connectivity index (χ4v) is 4.80. The van der Waals surface area contributed by atoms with Crippen LogP contribution in [0.1, 0.15) is 45.1 Å². The van der Waals surface area contributed by atoms with Crippen LogP contribution in [0.5, 0.6) is 5.75 Å². The third-order valence-corrected chi connectivity index (χ3v) is 7.66. The van der Waals surface area contributed by atoms with Gasteiger partial charge in [0.2, 0.25) is 5.92 Å². The molecule has 1 heterocycles. The SMILES string of the molecule is CCC(C)(F)F.O=C(O)C1(COc2cc3c(cc2C(F)(F)F)N(c2ccc(F)cc2)CCCS3=O)CC1. The van der Waals surface area contributed by atoms with Crippen molar-refractivity contribution in [2.75, 3.05) is 23.8 Å². The number of aliphatic carboxylic acids is 1. The van der Waals surface area contributed by atoms with Gasteiger partial charge in [-0.15, -0.1) is 0 Å². The number of hydrogen-bond acceptors (Lipinski definition) is 4. The monoisotopic (exact) mass is 551 g/mol. The normalized spacial score (nSPS) is 18.7. The lowest BCUT2D eigenvalue weighted by molar-refractivity contribution is -0.144. The number of ether oxygens (including phenoxy) is 1. The van der Waals surface area contributed by atoms with E-state index in [0.717, 1.165) is 19.1 Å². The number of carboxylic acid groups (broad SMARTS) is 1.